The van der Waals surface area contributed by atoms with Crippen LogP contribution in [0.2, 0.25) is 0 Å². The van der Waals surface area contributed by atoms with Gasteiger partial charge in [0.05, 0.1) is 18.4 Å². The van der Waals surface area contributed by atoms with Gasteiger partial charge in [-0.1, -0.05) is 6.92 Å². The maximum Gasteiger partial charge on any atom is 0.340 e. The van der Waals surface area contributed by atoms with Crippen LogP contribution in [0.5, 0.6) is 0 Å². The van der Waals surface area contributed by atoms with E-state index in [-0.39, 0.29) is 11.6 Å². The first-order chi connectivity index (χ1) is 9.01. The van der Waals surface area contributed by atoms with Crippen LogP contribution in [0, 0.1) is 17.6 Å². The Morgan fingerprint density at radius 2 is 2.00 bits per heavy atom. The summed E-state index contributed by atoms with van der Waals surface area (Å²) in [6.07, 6.45) is 0. The molecule has 0 heterocycles. The monoisotopic (exact) mass is 272 g/mol. The first kappa shape index (κ1) is 15.4. The van der Waals surface area contributed by atoms with Crippen molar-refractivity contribution in [2.75, 3.05) is 32.6 Å². The van der Waals surface area contributed by atoms with E-state index in [0.717, 1.165) is 13.7 Å². The van der Waals surface area contributed by atoms with Gasteiger partial charge in [-0.2, -0.15) is 0 Å². The molecule has 6 heteroatoms. The number of methoxy groups -OCH3 is 1. The Kier molecular flexibility index (Phi) is 5.69. The minimum Gasteiger partial charge on any atom is -0.465 e. The van der Waals surface area contributed by atoms with Crippen molar-refractivity contribution in [3.63, 3.8) is 0 Å². The smallest absolute Gasteiger partial charge is 0.340 e. The maximum atomic E-state index is 13.7. The summed E-state index contributed by atoms with van der Waals surface area (Å²) < 4.78 is 31.7. The van der Waals surface area contributed by atoms with Gasteiger partial charge >= 0.3 is 5.97 Å². The van der Waals surface area contributed by atoms with Crippen LogP contribution in [0.25, 0.3) is 0 Å². The molecule has 0 aliphatic rings. The summed E-state index contributed by atoms with van der Waals surface area (Å²) in [4.78, 5) is 11.2. The molecule has 0 amide bonds. The third-order valence-electron chi connectivity index (χ3n) is 2.68. The average Bonchev–Trinajstić information content (AvgIpc) is 2.40. The third kappa shape index (κ3) is 3.89. The molecule has 0 fully saturated rings. The van der Waals surface area contributed by atoms with E-state index in [9.17, 15) is 13.6 Å². The van der Waals surface area contributed by atoms with E-state index in [1.165, 1.54) is 12.1 Å². The lowest BCUT2D eigenvalue weighted by Gasteiger charge is -2.14. The van der Waals surface area contributed by atoms with Gasteiger partial charge in [0, 0.05) is 6.54 Å². The molecule has 0 saturated heterocycles. The molecule has 0 bridgehead atoms. The van der Waals surface area contributed by atoms with E-state index in [0.29, 0.717) is 6.54 Å². The van der Waals surface area contributed by atoms with Crippen LogP contribution < -0.4 is 10.6 Å². The second kappa shape index (κ2) is 7.04. The van der Waals surface area contributed by atoms with Gasteiger partial charge in [-0.3, -0.25) is 0 Å². The van der Waals surface area contributed by atoms with Gasteiger partial charge in [0.25, 0.3) is 0 Å². The maximum absolute atomic E-state index is 13.7. The average molecular weight is 272 g/mol. The number of nitrogens with one attached hydrogen (secondary N) is 2. The molecule has 19 heavy (non-hydrogen) atoms. The van der Waals surface area contributed by atoms with Gasteiger partial charge in [-0.15, -0.1) is 0 Å². The lowest BCUT2D eigenvalue weighted by molar-refractivity contribution is 0.0594. The minimum atomic E-state index is -1.20. The molecule has 1 unspecified atom stereocenters. The van der Waals surface area contributed by atoms with Crippen LogP contribution in [-0.4, -0.2) is 33.2 Å². The third-order valence-corrected chi connectivity index (χ3v) is 2.68. The van der Waals surface area contributed by atoms with Crippen molar-refractivity contribution in [1.29, 1.82) is 0 Å². The van der Waals surface area contributed by atoms with Gasteiger partial charge in [0.1, 0.15) is 0 Å². The second-order valence-corrected chi connectivity index (χ2v) is 4.32. The highest BCUT2D eigenvalue weighted by Gasteiger charge is 2.19. The number of carbonyl (C=O) groups is 1. The highest BCUT2D eigenvalue weighted by Crippen LogP contribution is 2.21. The van der Waals surface area contributed by atoms with Gasteiger partial charge in [-0.05, 0) is 31.6 Å². The van der Waals surface area contributed by atoms with Crippen molar-refractivity contribution in [2.24, 2.45) is 5.92 Å². The number of rotatable bonds is 6. The van der Waals surface area contributed by atoms with Crippen LogP contribution in [0.15, 0.2) is 12.1 Å². The first-order valence-corrected chi connectivity index (χ1v) is 5.96. The van der Waals surface area contributed by atoms with Crippen molar-refractivity contribution in [1.82, 2.24) is 5.32 Å². The van der Waals surface area contributed by atoms with E-state index in [1.807, 2.05) is 14.0 Å². The van der Waals surface area contributed by atoms with Gasteiger partial charge < -0.3 is 15.4 Å². The van der Waals surface area contributed by atoms with Crippen LogP contribution in [0.4, 0.5) is 14.5 Å². The normalized spacial score (nSPS) is 12.1. The molecule has 0 aliphatic carbocycles. The molecule has 0 aliphatic heterocycles. The summed E-state index contributed by atoms with van der Waals surface area (Å²) in [7, 11) is 2.94. The lowest BCUT2D eigenvalue weighted by atomic mass is 10.1. The zero-order valence-electron chi connectivity index (χ0n) is 11.2. The van der Waals surface area contributed by atoms with Crippen molar-refractivity contribution in [3.05, 3.63) is 29.3 Å². The zero-order valence-corrected chi connectivity index (χ0v) is 11.2. The fourth-order valence-electron chi connectivity index (χ4n) is 1.66. The molecule has 0 saturated carbocycles. The quantitative estimate of drug-likeness (QED) is 0.778. The summed E-state index contributed by atoms with van der Waals surface area (Å²) in [5, 5.41) is 5.81. The zero-order chi connectivity index (χ0) is 14.4. The van der Waals surface area contributed by atoms with E-state index in [4.69, 9.17) is 0 Å². The van der Waals surface area contributed by atoms with Crippen LogP contribution >= 0.6 is 0 Å². The van der Waals surface area contributed by atoms with Gasteiger partial charge in [0.15, 0.2) is 11.6 Å². The van der Waals surface area contributed by atoms with Crippen molar-refractivity contribution < 1.29 is 18.3 Å². The molecule has 1 aromatic rings. The molecular formula is C13H18F2N2O2. The number of esters is 1. The Labute approximate surface area is 111 Å². The standard InChI is InChI=1S/C13H18F2N2O2/c1-8(6-16-2)7-17-10-5-4-9(13(18)19-3)11(14)12(10)15/h4-5,8,16-17H,6-7H2,1-3H3. The molecule has 1 aromatic carbocycles. The largest absolute Gasteiger partial charge is 0.465 e. The fourth-order valence-corrected chi connectivity index (χ4v) is 1.66. The fraction of sp³-hybridized carbons (Fsp3) is 0.462. The predicted molar refractivity (Wildman–Crippen MR) is 69.3 cm³/mol. The van der Waals surface area contributed by atoms with Crippen LogP contribution in [0.1, 0.15) is 17.3 Å². The Hall–Kier alpha value is -1.69. The summed E-state index contributed by atoms with van der Waals surface area (Å²) in [5.41, 5.74) is -0.373. The van der Waals surface area contributed by atoms with Crippen molar-refractivity contribution in [2.45, 2.75) is 6.92 Å². The topological polar surface area (TPSA) is 50.4 Å². The summed E-state index contributed by atoms with van der Waals surface area (Å²) >= 11 is 0. The lowest BCUT2D eigenvalue weighted by Crippen LogP contribution is -2.23. The van der Waals surface area contributed by atoms with Crippen molar-refractivity contribution in [3.8, 4) is 0 Å². The van der Waals surface area contributed by atoms with E-state index in [1.54, 1.807) is 0 Å². The molecule has 1 atom stereocenters. The molecular weight excluding hydrogens is 254 g/mol. The second-order valence-electron chi connectivity index (χ2n) is 4.32. The number of hydrogen-bond acceptors (Lipinski definition) is 4. The molecule has 0 aromatic heterocycles. The van der Waals surface area contributed by atoms with Crippen molar-refractivity contribution >= 4 is 11.7 Å². The Balaban J connectivity index is 2.82. The molecule has 4 nitrogen and oxygen atoms in total. The minimum absolute atomic E-state index is 0.0353. The number of halogens is 2. The highest BCUT2D eigenvalue weighted by atomic mass is 19.2. The molecule has 1 rings (SSSR count). The Bertz CT molecular complexity index is 453. The Morgan fingerprint density at radius 3 is 2.58 bits per heavy atom. The number of benzene rings is 1. The number of hydrogen-bond donors (Lipinski definition) is 2. The first-order valence-electron chi connectivity index (χ1n) is 5.96. The van der Waals surface area contributed by atoms with E-state index < -0.39 is 23.2 Å². The molecule has 2 N–H and O–H groups in total. The molecule has 0 radical (unpaired) electrons. The Morgan fingerprint density at radius 1 is 1.32 bits per heavy atom. The van der Waals surface area contributed by atoms with Crippen LogP contribution in [0.3, 0.4) is 0 Å². The highest BCUT2D eigenvalue weighted by molar-refractivity contribution is 5.90. The predicted octanol–water partition coefficient (Wildman–Crippen LogP) is 2.02. The van der Waals surface area contributed by atoms with Gasteiger partial charge in [-0.25, -0.2) is 13.6 Å². The molecule has 106 valence electrons. The summed E-state index contributed by atoms with van der Waals surface area (Å²) in [6, 6.07) is 2.53. The van der Waals surface area contributed by atoms with E-state index in [2.05, 4.69) is 15.4 Å². The van der Waals surface area contributed by atoms with E-state index >= 15 is 0 Å². The number of carbonyl (C=O) groups excluding carboxylic acids is 1. The van der Waals surface area contributed by atoms with Crippen LogP contribution in [-0.2, 0) is 4.74 Å². The number of ether oxygens (including phenoxy) is 1. The SMILES string of the molecule is CNCC(C)CNc1ccc(C(=O)OC)c(F)c1F. The summed E-state index contributed by atoms with van der Waals surface area (Å²) in [6.45, 7) is 3.23. The molecule has 0 spiro atoms. The number of anilines is 1. The summed E-state index contributed by atoms with van der Waals surface area (Å²) in [5.74, 6) is -2.91. The van der Waals surface area contributed by atoms with Gasteiger partial charge in [0.2, 0.25) is 0 Å².